The van der Waals surface area contributed by atoms with Gasteiger partial charge in [-0.2, -0.15) is 0 Å². The molecule has 5 heteroatoms. The Bertz CT molecular complexity index is 449. The fourth-order valence-electron chi connectivity index (χ4n) is 2.08. The van der Waals surface area contributed by atoms with Gasteiger partial charge in [-0.1, -0.05) is 19.4 Å². The molecule has 0 heterocycles. The van der Waals surface area contributed by atoms with Crippen molar-refractivity contribution in [2.75, 3.05) is 31.6 Å². The van der Waals surface area contributed by atoms with Gasteiger partial charge in [0.05, 0.1) is 18.8 Å². The van der Waals surface area contributed by atoms with Crippen LogP contribution in [0, 0.1) is 0 Å². The van der Waals surface area contributed by atoms with Crippen molar-refractivity contribution in [1.82, 2.24) is 5.32 Å². The van der Waals surface area contributed by atoms with E-state index in [1.54, 1.807) is 0 Å². The second kappa shape index (κ2) is 9.23. The molecule has 0 saturated carbocycles. The van der Waals surface area contributed by atoms with E-state index in [0.717, 1.165) is 36.4 Å². The van der Waals surface area contributed by atoms with Gasteiger partial charge in [0.2, 0.25) is 0 Å². The molecule has 0 unspecified atom stereocenters. The lowest BCUT2D eigenvalue weighted by Crippen LogP contribution is -2.22. The second-order valence-corrected chi connectivity index (χ2v) is 5.01. The lowest BCUT2D eigenvalue weighted by atomic mass is 10.1. The van der Waals surface area contributed by atoms with E-state index in [1.807, 2.05) is 25.1 Å². The number of aliphatic carboxylic acids is 1. The molecule has 0 atom stereocenters. The molecule has 1 rings (SSSR count). The molecular weight excluding hydrogens is 268 g/mol. The predicted octanol–water partition coefficient (Wildman–Crippen LogP) is 2.50. The second-order valence-electron chi connectivity index (χ2n) is 5.01. The van der Waals surface area contributed by atoms with Crippen LogP contribution >= 0.6 is 0 Å². The highest BCUT2D eigenvalue weighted by Gasteiger charge is 2.09. The summed E-state index contributed by atoms with van der Waals surface area (Å²) >= 11 is 0. The number of nitrogens with one attached hydrogen (secondary N) is 1. The number of ether oxygens (including phenoxy) is 1. The average molecular weight is 294 g/mol. The number of rotatable bonds is 10. The Balaban J connectivity index is 2.77. The third-order valence-corrected chi connectivity index (χ3v) is 3.19. The van der Waals surface area contributed by atoms with Crippen LogP contribution in [0.5, 0.6) is 5.75 Å². The summed E-state index contributed by atoms with van der Waals surface area (Å²) in [5.41, 5.74) is 2.10. The van der Waals surface area contributed by atoms with Crippen molar-refractivity contribution in [2.45, 2.75) is 33.2 Å². The third kappa shape index (κ3) is 6.04. The molecule has 5 nitrogen and oxygen atoms in total. The molecule has 118 valence electrons. The smallest absolute Gasteiger partial charge is 0.317 e. The van der Waals surface area contributed by atoms with Crippen LogP contribution in [-0.2, 0) is 11.3 Å². The van der Waals surface area contributed by atoms with Gasteiger partial charge < -0.3 is 20.1 Å². The standard InChI is InChI=1S/C16H26N2O3/c1-4-6-9-18(3)14-8-7-13(10-15(14)21-5-2)11-17-12-16(19)20/h7-8,10,17H,4-6,9,11-12H2,1-3H3,(H,19,20). The number of hydrogen-bond donors (Lipinski definition) is 2. The molecule has 0 aliphatic rings. The first-order valence-corrected chi connectivity index (χ1v) is 7.47. The molecule has 1 aromatic carbocycles. The van der Waals surface area contributed by atoms with Crippen LogP contribution in [0.4, 0.5) is 5.69 Å². The van der Waals surface area contributed by atoms with Crippen LogP contribution in [0.15, 0.2) is 18.2 Å². The van der Waals surface area contributed by atoms with E-state index < -0.39 is 5.97 Å². The fraction of sp³-hybridized carbons (Fsp3) is 0.562. The minimum absolute atomic E-state index is 0.0396. The van der Waals surface area contributed by atoms with Crippen LogP contribution in [0.25, 0.3) is 0 Å². The number of carboxylic acid groups (broad SMARTS) is 1. The van der Waals surface area contributed by atoms with Gasteiger partial charge in [0.15, 0.2) is 0 Å². The fourth-order valence-corrected chi connectivity index (χ4v) is 2.08. The van der Waals surface area contributed by atoms with Crippen LogP contribution in [0.2, 0.25) is 0 Å². The number of carboxylic acids is 1. The van der Waals surface area contributed by atoms with E-state index in [9.17, 15) is 4.79 Å². The summed E-state index contributed by atoms with van der Waals surface area (Å²) in [5.74, 6) is 0.00155. The number of hydrogen-bond acceptors (Lipinski definition) is 4. The quantitative estimate of drug-likeness (QED) is 0.694. The zero-order chi connectivity index (χ0) is 15.7. The lowest BCUT2D eigenvalue weighted by Gasteiger charge is -2.22. The molecule has 0 amide bonds. The Hall–Kier alpha value is -1.75. The first kappa shape index (κ1) is 17.3. The van der Waals surface area contributed by atoms with E-state index in [1.165, 1.54) is 0 Å². The third-order valence-electron chi connectivity index (χ3n) is 3.19. The summed E-state index contributed by atoms with van der Waals surface area (Å²) in [5, 5.41) is 11.5. The molecular formula is C16H26N2O3. The predicted molar refractivity (Wildman–Crippen MR) is 85.1 cm³/mol. The molecule has 2 N–H and O–H groups in total. The number of nitrogens with zero attached hydrogens (tertiary/aromatic N) is 1. The first-order chi connectivity index (χ1) is 10.1. The van der Waals surface area contributed by atoms with E-state index in [0.29, 0.717) is 13.2 Å². The van der Waals surface area contributed by atoms with Crippen molar-refractivity contribution in [2.24, 2.45) is 0 Å². The highest BCUT2D eigenvalue weighted by molar-refractivity contribution is 5.69. The van der Waals surface area contributed by atoms with Gasteiger partial charge in [-0.25, -0.2) is 0 Å². The lowest BCUT2D eigenvalue weighted by molar-refractivity contribution is -0.135. The SMILES string of the molecule is CCCCN(C)c1ccc(CNCC(=O)O)cc1OCC. The summed E-state index contributed by atoms with van der Waals surface area (Å²) < 4.78 is 5.72. The van der Waals surface area contributed by atoms with Gasteiger partial charge in [0, 0.05) is 20.1 Å². The zero-order valence-corrected chi connectivity index (χ0v) is 13.2. The van der Waals surface area contributed by atoms with Crippen molar-refractivity contribution < 1.29 is 14.6 Å². The Kier molecular flexibility index (Phi) is 7.61. The zero-order valence-electron chi connectivity index (χ0n) is 13.2. The normalized spacial score (nSPS) is 10.4. The minimum Gasteiger partial charge on any atom is -0.492 e. The monoisotopic (exact) mass is 294 g/mol. The minimum atomic E-state index is -0.851. The van der Waals surface area contributed by atoms with Crippen molar-refractivity contribution in [1.29, 1.82) is 0 Å². The van der Waals surface area contributed by atoms with Gasteiger partial charge in [-0.15, -0.1) is 0 Å². The molecule has 0 spiro atoms. The Morgan fingerprint density at radius 3 is 2.76 bits per heavy atom. The van der Waals surface area contributed by atoms with Crippen molar-refractivity contribution in [3.05, 3.63) is 23.8 Å². The highest BCUT2D eigenvalue weighted by atomic mass is 16.5. The van der Waals surface area contributed by atoms with E-state index in [-0.39, 0.29) is 6.54 Å². The molecule has 21 heavy (non-hydrogen) atoms. The molecule has 1 aromatic rings. The maximum atomic E-state index is 10.5. The van der Waals surface area contributed by atoms with Gasteiger partial charge in [-0.3, -0.25) is 4.79 Å². The molecule has 0 radical (unpaired) electrons. The van der Waals surface area contributed by atoms with Crippen molar-refractivity contribution in [3.63, 3.8) is 0 Å². The van der Waals surface area contributed by atoms with Crippen LogP contribution < -0.4 is 15.0 Å². The van der Waals surface area contributed by atoms with Crippen LogP contribution in [-0.4, -0.2) is 37.8 Å². The Labute approximate surface area is 126 Å². The molecule has 0 bridgehead atoms. The molecule has 0 fully saturated rings. The topological polar surface area (TPSA) is 61.8 Å². The van der Waals surface area contributed by atoms with Gasteiger partial charge in [0.25, 0.3) is 0 Å². The van der Waals surface area contributed by atoms with Crippen molar-refractivity contribution in [3.8, 4) is 5.75 Å². The molecule has 0 aliphatic heterocycles. The summed E-state index contributed by atoms with van der Waals surface area (Å²) in [4.78, 5) is 12.7. The maximum absolute atomic E-state index is 10.5. The summed E-state index contributed by atoms with van der Waals surface area (Å²) in [6.07, 6.45) is 2.30. The number of anilines is 1. The highest BCUT2D eigenvalue weighted by Crippen LogP contribution is 2.29. The van der Waals surface area contributed by atoms with Crippen LogP contribution in [0.1, 0.15) is 32.3 Å². The number of unbranched alkanes of at least 4 members (excludes halogenated alkanes) is 1. The molecule has 0 aliphatic carbocycles. The number of carbonyl (C=O) groups is 1. The summed E-state index contributed by atoms with van der Waals surface area (Å²) in [6, 6.07) is 6.03. The van der Waals surface area contributed by atoms with E-state index in [2.05, 4.69) is 24.2 Å². The number of benzene rings is 1. The van der Waals surface area contributed by atoms with E-state index >= 15 is 0 Å². The summed E-state index contributed by atoms with van der Waals surface area (Å²) in [7, 11) is 2.07. The van der Waals surface area contributed by atoms with Gasteiger partial charge >= 0.3 is 5.97 Å². The largest absolute Gasteiger partial charge is 0.492 e. The van der Waals surface area contributed by atoms with Gasteiger partial charge in [0.1, 0.15) is 5.75 Å². The van der Waals surface area contributed by atoms with Crippen LogP contribution in [0.3, 0.4) is 0 Å². The molecule has 0 saturated heterocycles. The van der Waals surface area contributed by atoms with E-state index in [4.69, 9.17) is 9.84 Å². The average Bonchev–Trinajstić information content (AvgIpc) is 2.45. The Morgan fingerprint density at radius 2 is 2.14 bits per heavy atom. The molecule has 0 aromatic heterocycles. The summed E-state index contributed by atoms with van der Waals surface area (Å²) in [6.45, 7) is 6.22. The first-order valence-electron chi connectivity index (χ1n) is 7.47. The van der Waals surface area contributed by atoms with Gasteiger partial charge in [-0.05, 0) is 31.0 Å². The van der Waals surface area contributed by atoms with Crippen molar-refractivity contribution >= 4 is 11.7 Å². The Morgan fingerprint density at radius 1 is 1.38 bits per heavy atom. The maximum Gasteiger partial charge on any atom is 0.317 e.